The lowest BCUT2D eigenvalue weighted by Crippen LogP contribution is -2.41. The third-order valence-corrected chi connectivity index (χ3v) is 4.49. The Morgan fingerprint density at radius 3 is 2.40 bits per heavy atom. The van der Waals surface area contributed by atoms with Gasteiger partial charge in [0.05, 0.1) is 0 Å². The van der Waals surface area contributed by atoms with Gasteiger partial charge in [0, 0.05) is 43.4 Å². The summed E-state index contributed by atoms with van der Waals surface area (Å²) in [6.45, 7) is 6.14. The zero-order valence-corrected chi connectivity index (χ0v) is 15.1. The van der Waals surface area contributed by atoms with Crippen LogP contribution in [-0.4, -0.2) is 46.6 Å². The fraction of sp³-hybridized carbons (Fsp3) is 0.667. The number of aromatic nitrogens is 2. The Morgan fingerprint density at radius 1 is 1.16 bits per heavy atom. The summed E-state index contributed by atoms with van der Waals surface area (Å²) in [4.78, 5) is 33.8. The fourth-order valence-corrected chi connectivity index (χ4v) is 3.12. The molecule has 25 heavy (non-hydrogen) atoms. The number of aryl methyl sites for hydroxylation is 2. The summed E-state index contributed by atoms with van der Waals surface area (Å²) in [6.07, 6.45) is 4.14. The maximum absolute atomic E-state index is 12.2. The molecule has 1 saturated heterocycles. The Balaban J connectivity index is 1.68. The van der Waals surface area contributed by atoms with Crippen molar-refractivity contribution in [3.63, 3.8) is 0 Å². The maximum atomic E-state index is 12.2. The van der Waals surface area contributed by atoms with Crippen LogP contribution in [0.2, 0.25) is 0 Å². The van der Waals surface area contributed by atoms with E-state index in [0.717, 1.165) is 56.1 Å². The molecule has 1 fully saturated rings. The molecule has 1 aromatic heterocycles. The van der Waals surface area contributed by atoms with Crippen LogP contribution >= 0.6 is 0 Å². The summed E-state index contributed by atoms with van der Waals surface area (Å²) in [7, 11) is 0. The van der Waals surface area contributed by atoms with E-state index in [4.69, 9.17) is 5.11 Å². The molecular weight excluding hydrogens is 320 g/mol. The lowest BCUT2D eigenvalue weighted by molar-refractivity contribution is -0.137. The van der Waals surface area contributed by atoms with Gasteiger partial charge in [-0.15, -0.1) is 0 Å². The van der Waals surface area contributed by atoms with Gasteiger partial charge in [0.15, 0.2) is 0 Å². The Hall–Kier alpha value is -2.18. The van der Waals surface area contributed by atoms with Crippen molar-refractivity contribution in [2.45, 2.75) is 52.4 Å². The third-order valence-electron chi connectivity index (χ3n) is 4.49. The molecule has 7 heteroatoms. The molecule has 2 rings (SSSR count). The summed E-state index contributed by atoms with van der Waals surface area (Å²) in [6, 6.07) is 1.96. The van der Waals surface area contributed by atoms with Crippen LogP contribution in [0.15, 0.2) is 6.07 Å². The van der Waals surface area contributed by atoms with Crippen LogP contribution in [0.1, 0.15) is 49.9 Å². The molecule has 138 valence electrons. The first-order chi connectivity index (χ1) is 12.0. The minimum Gasteiger partial charge on any atom is -0.481 e. The van der Waals surface area contributed by atoms with Crippen molar-refractivity contribution < 1.29 is 14.7 Å². The molecule has 2 heterocycles. The van der Waals surface area contributed by atoms with Crippen molar-refractivity contribution in [3.05, 3.63) is 17.5 Å². The summed E-state index contributed by atoms with van der Waals surface area (Å²) < 4.78 is 0. The van der Waals surface area contributed by atoms with E-state index in [2.05, 4.69) is 20.2 Å². The second kappa shape index (κ2) is 9.34. The fourth-order valence-electron chi connectivity index (χ4n) is 3.12. The van der Waals surface area contributed by atoms with Gasteiger partial charge in [0.25, 0.3) is 0 Å². The predicted octanol–water partition coefficient (Wildman–Crippen LogP) is 2.07. The number of carboxylic acid groups (broad SMARTS) is 1. The number of aliphatic carboxylic acids is 1. The molecule has 1 aliphatic rings. The Labute approximate surface area is 148 Å². The molecule has 0 unspecified atom stereocenters. The second-order valence-corrected chi connectivity index (χ2v) is 6.71. The zero-order valence-electron chi connectivity index (χ0n) is 15.1. The largest absolute Gasteiger partial charge is 0.481 e. The molecule has 1 amide bonds. The summed E-state index contributed by atoms with van der Waals surface area (Å²) in [5.41, 5.74) is 1.93. The average molecular weight is 348 g/mol. The van der Waals surface area contributed by atoms with Gasteiger partial charge in [-0.05, 0) is 45.6 Å². The average Bonchev–Trinajstić information content (AvgIpc) is 2.57. The molecule has 2 N–H and O–H groups in total. The van der Waals surface area contributed by atoms with Gasteiger partial charge in [0.2, 0.25) is 11.9 Å². The van der Waals surface area contributed by atoms with E-state index in [0.29, 0.717) is 13.0 Å². The van der Waals surface area contributed by atoms with E-state index in [9.17, 15) is 9.59 Å². The minimum atomic E-state index is -0.761. The highest BCUT2D eigenvalue weighted by Gasteiger charge is 2.26. The Kier molecular flexibility index (Phi) is 7.16. The molecule has 0 aliphatic carbocycles. The van der Waals surface area contributed by atoms with Crippen LogP contribution < -0.4 is 10.2 Å². The van der Waals surface area contributed by atoms with E-state index in [1.807, 2.05) is 19.9 Å². The summed E-state index contributed by atoms with van der Waals surface area (Å²) in [5.74, 6) is 0.152. The first-order valence-corrected chi connectivity index (χ1v) is 9.02. The number of piperidine rings is 1. The summed E-state index contributed by atoms with van der Waals surface area (Å²) >= 11 is 0. The van der Waals surface area contributed by atoms with Crippen molar-refractivity contribution >= 4 is 17.8 Å². The number of carbonyl (C=O) groups is 2. The number of nitrogens with zero attached hydrogens (tertiary/aromatic N) is 3. The van der Waals surface area contributed by atoms with Crippen LogP contribution in [0.3, 0.4) is 0 Å². The highest BCUT2D eigenvalue weighted by molar-refractivity contribution is 5.78. The smallest absolute Gasteiger partial charge is 0.303 e. The maximum Gasteiger partial charge on any atom is 0.303 e. The third kappa shape index (κ3) is 6.32. The molecule has 1 aliphatic heterocycles. The minimum absolute atomic E-state index is 0.0428. The number of carbonyl (C=O) groups excluding carboxylic acids is 1. The summed E-state index contributed by atoms with van der Waals surface area (Å²) in [5, 5.41) is 11.6. The molecule has 0 radical (unpaired) electrons. The van der Waals surface area contributed by atoms with Crippen molar-refractivity contribution in [3.8, 4) is 0 Å². The molecule has 0 spiro atoms. The van der Waals surface area contributed by atoms with Crippen molar-refractivity contribution in [2.24, 2.45) is 5.92 Å². The number of hydrogen-bond donors (Lipinski definition) is 2. The van der Waals surface area contributed by atoms with Crippen molar-refractivity contribution in [1.82, 2.24) is 15.3 Å². The second-order valence-electron chi connectivity index (χ2n) is 6.71. The van der Waals surface area contributed by atoms with E-state index in [1.165, 1.54) is 0 Å². The zero-order chi connectivity index (χ0) is 18.2. The van der Waals surface area contributed by atoms with E-state index in [-0.39, 0.29) is 18.2 Å². The normalized spacial score (nSPS) is 15.2. The molecule has 0 atom stereocenters. The van der Waals surface area contributed by atoms with E-state index < -0.39 is 5.97 Å². The van der Waals surface area contributed by atoms with Crippen molar-refractivity contribution in [1.29, 1.82) is 0 Å². The first kappa shape index (κ1) is 19.1. The van der Waals surface area contributed by atoms with Crippen LogP contribution in [0.25, 0.3) is 0 Å². The lowest BCUT2D eigenvalue weighted by Gasteiger charge is -2.31. The Bertz CT molecular complexity index is 578. The Morgan fingerprint density at radius 2 is 1.80 bits per heavy atom. The van der Waals surface area contributed by atoms with Crippen LogP contribution in [0.5, 0.6) is 0 Å². The standard InChI is InChI=1S/C18H28N4O3/c1-13-12-14(2)21-18(20-13)22-10-7-15(8-11-22)17(25)19-9-5-3-4-6-16(23)24/h12,15H,3-11H2,1-2H3,(H,19,25)(H,23,24). The number of hydrogen-bond acceptors (Lipinski definition) is 5. The molecule has 0 bridgehead atoms. The van der Waals surface area contributed by atoms with Crippen LogP contribution in [-0.2, 0) is 9.59 Å². The van der Waals surface area contributed by atoms with Gasteiger partial charge < -0.3 is 15.3 Å². The van der Waals surface area contributed by atoms with Gasteiger partial charge >= 0.3 is 5.97 Å². The van der Waals surface area contributed by atoms with E-state index in [1.54, 1.807) is 0 Å². The van der Waals surface area contributed by atoms with Crippen LogP contribution in [0.4, 0.5) is 5.95 Å². The number of rotatable bonds is 8. The lowest BCUT2D eigenvalue weighted by atomic mass is 9.96. The van der Waals surface area contributed by atoms with Gasteiger partial charge in [-0.25, -0.2) is 9.97 Å². The highest BCUT2D eigenvalue weighted by Crippen LogP contribution is 2.21. The molecule has 0 aromatic carbocycles. The van der Waals surface area contributed by atoms with Crippen molar-refractivity contribution in [2.75, 3.05) is 24.5 Å². The number of nitrogens with one attached hydrogen (secondary N) is 1. The molecule has 1 aromatic rings. The molecule has 7 nitrogen and oxygen atoms in total. The molecular formula is C18H28N4O3. The quantitative estimate of drug-likeness (QED) is 0.698. The SMILES string of the molecule is Cc1cc(C)nc(N2CCC(C(=O)NCCCCCC(=O)O)CC2)n1. The number of carboxylic acids is 1. The van der Waals surface area contributed by atoms with E-state index >= 15 is 0 Å². The van der Waals surface area contributed by atoms with Gasteiger partial charge in [0.1, 0.15) is 0 Å². The predicted molar refractivity (Wildman–Crippen MR) is 95.6 cm³/mol. The topological polar surface area (TPSA) is 95.4 Å². The van der Waals surface area contributed by atoms with Crippen LogP contribution in [0, 0.1) is 19.8 Å². The number of unbranched alkanes of at least 4 members (excludes halogenated alkanes) is 2. The van der Waals surface area contributed by atoms with Gasteiger partial charge in [-0.3, -0.25) is 9.59 Å². The van der Waals surface area contributed by atoms with Gasteiger partial charge in [-0.2, -0.15) is 0 Å². The molecule has 0 saturated carbocycles. The monoisotopic (exact) mass is 348 g/mol. The number of anilines is 1. The number of amides is 1. The van der Waals surface area contributed by atoms with Gasteiger partial charge in [-0.1, -0.05) is 6.42 Å². The first-order valence-electron chi connectivity index (χ1n) is 9.02. The highest BCUT2D eigenvalue weighted by atomic mass is 16.4.